The van der Waals surface area contributed by atoms with Gasteiger partial charge in [0.2, 0.25) is 0 Å². The summed E-state index contributed by atoms with van der Waals surface area (Å²) in [6.45, 7) is 3.87. The van der Waals surface area contributed by atoms with Crippen LogP contribution in [0, 0.1) is 11.8 Å². The molecule has 0 spiro atoms. The second-order valence-electron chi connectivity index (χ2n) is 4.60. The zero-order valence-corrected chi connectivity index (χ0v) is 8.46. The Morgan fingerprint density at radius 2 is 2.38 bits per heavy atom. The summed E-state index contributed by atoms with van der Waals surface area (Å²) in [6.07, 6.45) is 5.70. The molecule has 3 atom stereocenters. The summed E-state index contributed by atoms with van der Waals surface area (Å²) in [5.74, 6) is 1.00. The lowest BCUT2D eigenvalue weighted by molar-refractivity contribution is -0.0304. The lowest BCUT2D eigenvalue weighted by Gasteiger charge is -2.27. The minimum Gasteiger partial charge on any atom is -0.389 e. The Labute approximate surface area is 80.3 Å². The van der Waals surface area contributed by atoms with Gasteiger partial charge in [-0.2, -0.15) is 0 Å². The average molecular weight is 184 g/mol. The summed E-state index contributed by atoms with van der Waals surface area (Å²) in [7, 11) is 0. The smallest absolute Gasteiger partial charge is 0.0730 e. The van der Waals surface area contributed by atoms with Crippen LogP contribution < -0.4 is 0 Å². The molecule has 1 saturated carbocycles. The molecule has 3 unspecified atom stereocenters. The summed E-state index contributed by atoms with van der Waals surface area (Å²) in [5, 5.41) is 10.3. The number of aliphatic hydroxyl groups is 1. The Morgan fingerprint density at radius 1 is 1.54 bits per heavy atom. The first-order chi connectivity index (χ1) is 6.27. The van der Waals surface area contributed by atoms with Crippen molar-refractivity contribution in [2.75, 3.05) is 13.2 Å². The van der Waals surface area contributed by atoms with Crippen molar-refractivity contribution >= 4 is 0 Å². The second-order valence-corrected chi connectivity index (χ2v) is 4.60. The molecular weight excluding hydrogens is 164 g/mol. The highest BCUT2D eigenvalue weighted by atomic mass is 16.5. The Bertz CT molecular complexity index is 175. The van der Waals surface area contributed by atoms with E-state index < -0.39 is 0 Å². The molecule has 0 aromatic rings. The molecule has 2 nitrogen and oxygen atoms in total. The van der Waals surface area contributed by atoms with E-state index in [4.69, 9.17) is 4.74 Å². The average Bonchev–Trinajstić information content (AvgIpc) is 2.81. The van der Waals surface area contributed by atoms with Crippen LogP contribution >= 0.6 is 0 Å². The molecule has 2 aliphatic rings. The molecule has 0 radical (unpaired) electrons. The van der Waals surface area contributed by atoms with Crippen LogP contribution in [0.4, 0.5) is 0 Å². The third-order valence-corrected chi connectivity index (χ3v) is 3.62. The van der Waals surface area contributed by atoms with Crippen molar-refractivity contribution in [3.63, 3.8) is 0 Å². The van der Waals surface area contributed by atoms with Crippen LogP contribution in [0.3, 0.4) is 0 Å². The van der Waals surface area contributed by atoms with Gasteiger partial charge in [-0.05, 0) is 31.6 Å². The normalized spacial score (nSPS) is 44.8. The van der Waals surface area contributed by atoms with E-state index in [1.807, 2.05) is 0 Å². The Kier molecular flexibility index (Phi) is 2.61. The molecule has 1 aliphatic carbocycles. The molecule has 2 rings (SSSR count). The SMILES string of the molecule is CCCC1CC1(O)C1CCCOC1. The maximum Gasteiger partial charge on any atom is 0.0730 e. The van der Waals surface area contributed by atoms with E-state index >= 15 is 0 Å². The van der Waals surface area contributed by atoms with Crippen LogP contribution in [0.5, 0.6) is 0 Å². The predicted molar refractivity (Wildman–Crippen MR) is 51.5 cm³/mol. The second kappa shape index (κ2) is 3.58. The maximum atomic E-state index is 10.3. The first-order valence-electron chi connectivity index (χ1n) is 5.57. The van der Waals surface area contributed by atoms with Gasteiger partial charge >= 0.3 is 0 Å². The molecule has 0 bridgehead atoms. The molecule has 1 saturated heterocycles. The van der Waals surface area contributed by atoms with Gasteiger partial charge in [-0.25, -0.2) is 0 Å². The van der Waals surface area contributed by atoms with Gasteiger partial charge in [0.05, 0.1) is 12.2 Å². The number of hydrogen-bond donors (Lipinski definition) is 1. The minimum absolute atomic E-state index is 0.337. The number of rotatable bonds is 3. The van der Waals surface area contributed by atoms with Gasteiger partial charge in [0, 0.05) is 12.5 Å². The fourth-order valence-electron chi connectivity index (χ4n) is 2.67. The van der Waals surface area contributed by atoms with Gasteiger partial charge in [-0.15, -0.1) is 0 Å². The van der Waals surface area contributed by atoms with Crippen molar-refractivity contribution < 1.29 is 9.84 Å². The molecule has 13 heavy (non-hydrogen) atoms. The van der Waals surface area contributed by atoms with Crippen molar-refractivity contribution in [1.82, 2.24) is 0 Å². The van der Waals surface area contributed by atoms with E-state index in [2.05, 4.69) is 6.92 Å². The Hall–Kier alpha value is -0.0800. The first-order valence-corrected chi connectivity index (χ1v) is 5.57. The highest BCUT2D eigenvalue weighted by Gasteiger charge is 2.56. The molecule has 1 N–H and O–H groups in total. The standard InChI is InChI=1S/C11H20O2/c1-2-4-9-7-11(9,12)10-5-3-6-13-8-10/h9-10,12H,2-8H2,1H3. The summed E-state index contributed by atoms with van der Waals surface area (Å²) < 4.78 is 5.42. The van der Waals surface area contributed by atoms with Crippen molar-refractivity contribution in [2.24, 2.45) is 11.8 Å². The topological polar surface area (TPSA) is 29.5 Å². The van der Waals surface area contributed by atoms with Gasteiger partial charge in [0.1, 0.15) is 0 Å². The van der Waals surface area contributed by atoms with E-state index in [-0.39, 0.29) is 5.60 Å². The largest absolute Gasteiger partial charge is 0.389 e. The molecule has 76 valence electrons. The van der Waals surface area contributed by atoms with Gasteiger partial charge in [0.15, 0.2) is 0 Å². The molecule has 2 heteroatoms. The summed E-state index contributed by atoms with van der Waals surface area (Å²) in [5.41, 5.74) is -0.337. The van der Waals surface area contributed by atoms with Crippen LogP contribution in [0.2, 0.25) is 0 Å². The van der Waals surface area contributed by atoms with Crippen molar-refractivity contribution in [3.05, 3.63) is 0 Å². The number of hydrogen-bond acceptors (Lipinski definition) is 2. The van der Waals surface area contributed by atoms with Crippen LogP contribution in [0.25, 0.3) is 0 Å². The lowest BCUT2D eigenvalue weighted by Crippen LogP contribution is -2.32. The van der Waals surface area contributed by atoms with Crippen molar-refractivity contribution in [1.29, 1.82) is 0 Å². The minimum atomic E-state index is -0.337. The fraction of sp³-hybridized carbons (Fsp3) is 1.00. The first kappa shape index (κ1) is 9.47. The summed E-state index contributed by atoms with van der Waals surface area (Å²) in [4.78, 5) is 0. The van der Waals surface area contributed by atoms with Crippen LogP contribution in [-0.2, 0) is 4.74 Å². The van der Waals surface area contributed by atoms with E-state index in [9.17, 15) is 5.11 Å². The van der Waals surface area contributed by atoms with E-state index in [1.165, 1.54) is 12.8 Å². The fourth-order valence-corrected chi connectivity index (χ4v) is 2.67. The van der Waals surface area contributed by atoms with E-state index in [1.54, 1.807) is 0 Å². The lowest BCUT2D eigenvalue weighted by atomic mass is 9.91. The van der Waals surface area contributed by atoms with Gasteiger partial charge in [-0.1, -0.05) is 13.3 Å². The third kappa shape index (κ3) is 1.75. The summed E-state index contributed by atoms with van der Waals surface area (Å²) in [6, 6.07) is 0. The van der Waals surface area contributed by atoms with Gasteiger partial charge in [0.25, 0.3) is 0 Å². The molecule has 0 aromatic heterocycles. The highest BCUT2D eigenvalue weighted by molar-refractivity contribution is 5.07. The van der Waals surface area contributed by atoms with Crippen LogP contribution in [0.15, 0.2) is 0 Å². The van der Waals surface area contributed by atoms with Gasteiger partial charge < -0.3 is 9.84 Å². The molecule has 1 aliphatic heterocycles. The van der Waals surface area contributed by atoms with Crippen molar-refractivity contribution in [2.45, 2.75) is 44.6 Å². The molecular formula is C11H20O2. The monoisotopic (exact) mass is 184 g/mol. The zero-order chi connectivity index (χ0) is 9.31. The molecule has 2 fully saturated rings. The molecule has 0 amide bonds. The third-order valence-electron chi connectivity index (χ3n) is 3.62. The maximum absolute atomic E-state index is 10.3. The summed E-state index contributed by atoms with van der Waals surface area (Å²) >= 11 is 0. The quantitative estimate of drug-likeness (QED) is 0.726. The van der Waals surface area contributed by atoms with Gasteiger partial charge in [-0.3, -0.25) is 0 Å². The zero-order valence-electron chi connectivity index (χ0n) is 8.46. The molecule has 0 aromatic carbocycles. The Morgan fingerprint density at radius 3 is 3.00 bits per heavy atom. The van der Waals surface area contributed by atoms with Crippen LogP contribution in [-0.4, -0.2) is 23.9 Å². The highest BCUT2D eigenvalue weighted by Crippen LogP contribution is 2.53. The van der Waals surface area contributed by atoms with Crippen molar-refractivity contribution in [3.8, 4) is 0 Å². The predicted octanol–water partition coefficient (Wildman–Crippen LogP) is 1.96. The molecule has 1 heterocycles. The Balaban J connectivity index is 1.86. The van der Waals surface area contributed by atoms with E-state index in [0.29, 0.717) is 11.8 Å². The van der Waals surface area contributed by atoms with E-state index in [0.717, 1.165) is 32.5 Å². The number of ether oxygens (including phenoxy) is 1. The van der Waals surface area contributed by atoms with Crippen LogP contribution in [0.1, 0.15) is 39.0 Å².